The Hall–Kier alpha value is -0.710. The van der Waals surface area contributed by atoms with Crippen LogP contribution >= 0.6 is 11.8 Å². The Morgan fingerprint density at radius 3 is 2.32 bits per heavy atom. The second-order valence-corrected chi connectivity index (χ2v) is 6.13. The Morgan fingerprint density at radius 2 is 1.89 bits per heavy atom. The zero-order chi connectivity index (χ0) is 14.6. The molecule has 2 unspecified atom stereocenters. The minimum absolute atomic E-state index is 0.00115. The second kappa shape index (κ2) is 6.64. The van der Waals surface area contributed by atoms with Crippen LogP contribution in [0.15, 0.2) is 0 Å². The molecule has 2 amide bonds. The molecule has 1 rings (SSSR count). The van der Waals surface area contributed by atoms with E-state index < -0.39 is 5.54 Å². The fourth-order valence-corrected chi connectivity index (χ4v) is 3.47. The summed E-state index contributed by atoms with van der Waals surface area (Å²) in [4.78, 5) is 27.0. The van der Waals surface area contributed by atoms with Crippen molar-refractivity contribution in [2.24, 2.45) is 0 Å². The topological polar surface area (TPSA) is 49.4 Å². The lowest BCUT2D eigenvalue weighted by Gasteiger charge is -2.47. The molecule has 0 aromatic heterocycles. The third-order valence-electron chi connectivity index (χ3n) is 4.12. The summed E-state index contributed by atoms with van der Waals surface area (Å²) in [7, 11) is 0. The number of amides is 2. The van der Waals surface area contributed by atoms with Gasteiger partial charge in [0.15, 0.2) is 0 Å². The minimum atomic E-state index is -0.699. The lowest BCUT2D eigenvalue weighted by molar-refractivity contribution is -0.157. The van der Waals surface area contributed by atoms with Crippen molar-refractivity contribution in [3.8, 4) is 0 Å². The van der Waals surface area contributed by atoms with Crippen LogP contribution in [-0.4, -0.2) is 46.3 Å². The number of hydrogen-bond donors (Lipinski definition) is 1. The lowest BCUT2D eigenvalue weighted by atomic mass is 9.86. The molecule has 1 N–H and O–H groups in total. The summed E-state index contributed by atoms with van der Waals surface area (Å²) in [5.41, 5.74) is -0.699. The molecule has 0 aliphatic carbocycles. The highest BCUT2D eigenvalue weighted by Gasteiger charge is 2.49. The van der Waals surface area contributed by atoms with Gasteiger partial charge in [0.1, 0.15) is 11.6 Å². The Morgan fingerprint density at radius 1 is 1.32 bits per heavy atom. The van der Waals surface area contributed by atoms with Crippen molar-refractivity contribution in [2.45, 2.75) is 64.6 Å². The highest BCUT2D eigenvalue weighted by molar-refractivity contribution is 7.98. The first kappa shape index (κ1) is 16.3. The summed E-state index contributed by atoms with van der Waals surface area (Å²) in [6, 6.07) is -0.225. The Balaban J connectivity index is 3.12. The maximum absolute atomic E-state index is 12.8. The molecule has 4 nitrogen and oxygen atoms in total. The number of nitrogens with one attached hydrogen (secondary N) is 1. The monoisotopic (exact) mass is 286 g/mol. The number of hydrogen-bond acceptors (Lipinski definition) is 3. The van der Waals surface area contributed by atoms with E-state index in [2.05, 4.69) is 5.32 Å². The third kappa shape index (κ3) is 2.91. The molecule has 0 aromatic rings. The van der Waals surface area contributed by atoms with Crippen LogP contribution in [0.2, 0.25) is 0 Å². The molecule has 19 heavy (non-hydrogen) atoms. The Labute approximate surface area is 120 Å². The van der Waals surface area contributed by atoms with E-state index in [0.717, 1.165) is 5.75 Å². The van der Waals surface area contributed by atoms with E-state index in [1.165, 1.54) is 0 Å². The van der Waals surface area contributed by atoms with E-state index in [-0.39, 0.29) is 23.9 Å². The molecule has 5 heteroatoms. The first-order valence-electron chi connectivity index (χ1n) is 7.11. The van der Waals surface area contributed by atoms with Crippen LogP contribution in [0.25, 0.3) is 0 Å². The maximum Gasteiger partial charge on any atom is 0.249 e. The van der Waals surface area contributed by atoms with Crippen LogP contribution in [0.4, 0.5) is 0 Å². The quantitative estimate of drug-likeness (QED) is 0.813. The van der Waals surface area contributed by atoms with Crippen molar-refractivity contribution in [2.75, 3.05) is 12.0 Å². The van der Waals surface area contributed by atoms with Crippen LogP contribution in [0, 0.1) is 0 Å². The summed E-state index contributed by atoms with van der Waals surface area (Å²) in [6.07, 6.45) is 3.98. The first-order valence-corrected chi connectivity index (χ1v) is 8.50. The summed E-state index contributed by atoms with van der Waals surface area (Å²) < 4.78 is 0. The summed E-state index contributed by atoms with van der Waals surface area (Å²) >= 11 is 1.71. The molecule has 1 saturated heterocycles. The van der Waals surface area contributed by atoms with Gasteiger partial charge in [-0.25, -0.2) is 0 Å². The molecule has 1 heterocycles. The average molecular weight is 286 g/mol. The van der Waals surface area contributed by atoms with E-state index >= 15 is 0 Å². The normalized spacial score (nSPS) is 24.3. The van der Waals surface area contributed by atoms with E-state index in [0.29, 0.717) is 19.3 Å². The Kier molecular flexibility index (Phi) is 5.71. The SMILES string of the molecule is CCC1C(=O)NC(CC)(CC)C(=O)N1C(C)CSC. The summed E-state index contributed by atoms with van der Waals surface area (Å²) in [5.74, 6) is 0.947. The minimum Gasteiger partial charge on any atom is -0.340 e. The average Bonchev–Trinajstić information content (AvgIpc) is 2.40. The zero-order valence-corrected chi connectivity index (χ0v) is 13.5. The van der Waals surface area contributed by atoms with Crippen molar-refractivity contribution in [3.05, 3.63) is 0 Å². The predicted molar refractivity (Wildman–Crippen MR) is 80.2 cm³/mol. The summed E-state index contributed by atoms with van der Waals surface area (Å²) in [6.45, 7) is 7.92. The van der Waals surface area contributed by atoms with Gasteiger partial charge < -0.3 is 10.2 Å². The van der Waals surface area contributed by atoms with Crippen LogP contribution < -0.4 is 5.32 Å². The number of carbonyl (C=O) groups excluding carboxylic acids is 2. The molecule has 1 aliphatic heterocycles. The molecule has 1 aliphatic rings. The number of carbonyl (C=O) groups is 2. The van der Waals surface area contributed by atoms with Crippen LogP contribution in [-0.2, 0) is 9.59 Å². The fourth-order valence-electron chi connectivity index (χ4n) is 2.83. The van der Waals surface area contributed by atoms with Gasteiger partial charge in [-0.15, -0.1) is 0 Å². The third-order valence-corrected chi connectivity index (χ3v) is 4.94. The molecule has 0 saturated carbocycles. The highest BCUT2D eigenvalue weighted by Crippen LogP contribution is 2.28. The second-order valence-electron chi connectivity index (χ2n) is 5.22. The van der Waals surface area contributed by atoms with Gasteiger partial charge in [-0.3, -0.25) is 9.59 Å². The lowest BCUT2D eigenvalue weighted by Crippen LogP contribution is -2.71. The van der Waals surface area contributed by atoms with Gasteiger partial charge in [-0.1, -0.05) is 20.8 Å². The fraction of sp³-hybridized carbons (Fsp3) is 0.857. The molecule has 110 valence electrons. The molecule has 1 fully saturated rings. The van der Waals surface area contributed by atoms with Gasteiger partial charge in [-0.05, 0) is 32.4 Å². The molecule has 0 aromatic carbocycles. The van der Waals surface area contributed by atoms with Crippen molar-refractivity contribution < 1.29 is 9.59 Å². The molecule has 0 bridgehead atoms. The largest absolute Gasteiger partial charge is 0.340 e. The van der Waals surface area contributed by atoms with Gasteiger partial charge in [-0.2, -0.15) is 11.8 Å². The van der Waals surface area contributed by atoms with E-state index in [9.17, 15) is 9.59 Å². The number of nitrogens with zero attached hydrogens (tertiary/aromatic N) is 1. The van der Waals surface area contributed by atoms with E-state index in [4.69, 9.17) is 0 Å². The van der Waals surface area contributed by atoms with Gasteiger partial charge in [0.2, 0.25) is 11.8 Å². The smallest absolute Gasteiger partial charge is 0.249 e. The molecule has 0 radical (unpaired) electrons. The van der Waals surface area contributed by atoms with E-state index in [1.807, 2.05) is 38.9 Å². The van der Waals surface area contributed by atoms with Crippen molar-refractivity contribution in [3.63, 3.8) is 0 Å². The van der Waals surface area contributed by atoms with Crippen molar-refractivity contribution in [1.82, 2.24) is 10.2 Å². The van der Waals surface area contributed by atoms with Crippen molar-refractivity contribution in [1.29, 1.82) is 0 Å². The van der Waals surface area contributed by atoms with Gasteiger partial charge in [0, 0.05) is 11.8 Å². The van der Waals surface area contributed by atoms with Crippen LogP contribution in [0.5, 0.6) is 0 Å². The van der Waals surface area contributed by atoms with Gasteiger partial charge in [0.05, 0.1) is 0 Å². The van der Waals surface area contributed by atoms with Crippen LogP contribution in [0.1, 0.15) is 47.0 Å². The number of thioether (sulfide) groups is 1. The standard InChI is InChI=1S/C14H26N2O2S/c1-6-11-12(17)15-14(7-2,8-3)13(18)16(11)10(4)9-19-5/h10-11H,6-9H2,1-5H3,(H,15,17). The van der Waals surface area contributed by atoms with Crippen LogP contribution in [0.3, 0.4) is 0 Å². The predicted octanol–water partition coefficient (Wildman–Crippen LogP) is 2.03. The molecular formula is C14H26N2O2S. The highest BCUT2D eigenvalue weighted by atomic mass is 32.2. The molecule has 0 spiro atoms. The van der Waals surface area contributed by atoms with E-state index in [1.54, 1.807) is 11.8 Å². The maximum atomic E-state index is 12.8. The molecule has 2 atom stereocenters. The number of piperazine rings is 1. The summed E-state index contributed by atoms with van der Waals surface area (Å²) in [5, 5.41) is 2.97. The van der Waals surface area contributed by atoms with Crippen molar-refractivity contribution >= 4 is 23.6 Å². The zero-order valence-electron chi connectivity index (χ0n) is 12.7. The first-order chi connectivity index (χ1) is 8.97. The van der Waals surface area contributed by atoms with Gasteiger partial charge in [0.25, 0.3) is 0 Å². The van der Waals surface area contributed by atoms with Gasteiger partial charge >= 0.3 is 0 Å². The number of rotatable bonds is 6. The molecular weight excluding hydrogens is 260 g/mol. The Bertz CT molecular complexity index is 342.